The lowest BCUT2D eigenvalue weighted by Crippen LogP contribution is -2.16. The number of carbonyl (C=O) groups is 1. The number of methoxy groups -OCH3 is 1. The molecule has 0 aliphatic heterocycles. The molecule has 10 heteroatoms. The number of halogens is 4. The number of nitrogens with one attached hydrogen (secondary N) is 1. The number of nitrogens with zero attached hydrogens (tertiary/aromatic N) is 3. The van der Waals surface area contributed by atoms with Crippen LogP contribution in [-0.4, -0.2) is 27.8 Å². The summed E-state index contributed by atoms with van der Waals surface area (Å²) in [6.45, 7) is 2.16. The molecule has 0 radical (unpaired) electrons. The third-order valence-electron chi connectivity index (χ3n) is 5.00. The van der Waals surface area contributed by atoms with E-state index in [1.807, 2.05) is 24.3 Å². The number of hydrogen-bond donors (Lipinski definition) is 1. The average Bonchev–Trinajstić information content (AvgIpc) is 3.11. The van der Waals surface area contributed by atoms with Gasteiger partial charge in [-0.25, -0.2) is 4.98 Å². The van der Waals surface area contributed by atoms with Crippen LogP contribution in [0.2, 0.25) is 0 Å². The molecule has 0 aliphatic carbocycles. The van der Waals surface area contributed by atoms with E-state index in [1.54, 1.807) is 37.0 Å². The molecule has 0 fully saturated rings. The molecule has 33 heavy (non-hydrogen) atoms. The van der Waals surface area contributed by atoms with E-state index in [0.29, 0.717) is 27.8 Å². The van der Waals surface area contributed by atoms with E-state index in [-0.39, 0.29) is 11.1 Å². The molecular weight excluding hydrogens is 501 g/mol. The molecule has 2 aromatic carbocycles. The highest BCUT2D eigenvalue weighted by Gasteiger charge is 2.34. The number of anilines is 1. The fourth-order valence-electron chi connectivity index (χ4n) is 3.36. The first-order chi connectivity index (χ1) is 15.6. The molecule has 2 heterocycles. The third kappa shape index (κ3) is 5.00. The van der Waals surface area contributed by atoms with Crippen molar-refractivity contribution in [2.24, 2.45) is 0 Å². The Kier molecular flexibility index (Phi) is 6.11. The van der Waals surface area contributed by atoms with Gasteiger partial charge in [0, 0.05) is 16.1 Å². The summed E-state index contributed by atoms with van der Waals surface area (Å²) >= 11 is 3.29. The highest BCUT2D eigenvalue weighted by molar-refractivity contribution is 9.10. The predicted molar refractivity (Wildman–Crippen MR) is 121 cm³/mol. The number of aromatic nitrogens is 3. The second-order valence-electron chi connectivity index (χ2n) is 7.34. The molecular formula is C23H18BrF3N4O2. The van der Waals surface area contributed by atoms with Gasteiger partial charge in [0.15, 0.2) is 0 Å². The van der Waals surface area contributed by atoms with Crippen molar-refractivity contribution in [3.05, 3.63) is 81.7 Å². The van der Waals surface area contributed by atoms with Crippen molar-refractivity contribution >= 4 is 38.4 Å². The third-order valence-corrected chi connectivity index (χ3v) is 5.50. The van der Waals surface area contributed by atoms with Crippen LogP contribution in [0.5, 0.6) is 5.75 Å². The Morgan fingerprint density at radius 3 is 2.55 bits per heavy atom. The minimum absolute atomic E-state index is 0.0742. The maximum atomic E-state index is 13.4. The number of fused-ring (bicyclic) bond motifs is 1. The second kappa shape index (κ2) is 8.86. The van der Waals surface area contributed by atoms with Crippen molar-refractivity contribution in [2.45, 2.75) is 19.6 Å². The summed E-state index contributed by atoms with van der Waals surface area (Å²) in [6.07, 6.45) is -3.04. The SMILES string of the molecule is COc1ccc(Cn2cc(NC(=O)c3cc(C(F)(F)F)nc4ccc(Br)cc34)c(C)n2)cc1. The highest BCUT2D eigenvalue weighted by Crippen LogP contribution is 2.32. The number of aryl methyl sites for hydroxylation is 1. The molecule has 0 bridgehead atoms. The number of carbonyl (C=O) groups excluding carboxylic acids is 1. The molecule has 2 aromatic heterocycles. The Bertz CT molecular complexity index is 1330. The number of ether oxygens (including phenoxy) is 1. The molecule has 4 rings (SSSR count). The standard InChI is InChI=1S/C23H18BrF3N4O2/c1-13-20(12-31(30-13)11-14-3-6-16(33-2)7-4-14)29-22(32)18-10-21(23(25,26)27)28-19-8-5-15(24)9-17(18)19/h3-10,12H,11H2,1-2H3,(H,29,32). The maximum absolute atomic E-state index is 13.4. The van der Waals surface area contributed by atoms with Crippen LogP contribution in [0.3, 0.4) is 0 Å². The van der Waals surface area contributed by atoms with Gasteiger partial charge in [-0.1, -0.05) is 28.1 Å². The van der Waals surface area contributed by atoms with E-state index in [2.05, 4.69) is 31.3 Å². The fraction of sp³-hybridized carbons (Fsp3) is 0.174. The summed E-state index contributed by atoms with van der Waals surface area (Å²) in [5, 5.41) is 7.39. The number of amides is 1. The van der Waals surface area contributed by atoms with E-state index >= 15 is 0 Å². The van der Waals surface area contributed by atoms with Crippen LogP contribution in [0.25, 0.3) is 10.9 Å². The van der Waals surface area contributed by atoms with E-state index < -0.39 is 17.8 Å². The van der Waals surface area contributed by atoms with Crippen LogP contribution in [0.15, 0.2) is 59.2 Å². The van der Waals surface area contributed by atoms with Crippen molar-refractivity contribution in [3.63, 3.8) is 0 Å². The summed E-state index contributed by atoms with van der Waals surface area (Å²) in [5.41, 5.74) is 0.723. The summed E-state index contributed by atoms with van der Waals surface area (Å²) in [6, 6.07) is 12.8. The molecule has 0 spiro atoms. The molecule has 0 atom stereocenters. The molecule has 1 N–H and O–H groups in total. The van der Waals surface area contributed by atoms with Crippen LogP contribution >= 0.6 is 15.9 Å². The van der Waals surface area contributed by atoms with Crippen LogP contribution in [0, 0.1) is 6.92 Å². The van der Waals surface area contributed by atoms with Crippen molar-refractivity contribution in [1.82, 2.24) is 14.8 Å². The summed E-state index contributed by atoms with van der Waals surface area (Å²) in [5.74, 6) is 0.0517. The molecule has 0 saturated heterocycles. The van der Waals surface area contributed by atoms with Gasteiger partial charge in [-0.3, -0.25) is 9.48 Å². The van der Waals surface area contributed by atoms with Gasteiger partial charge in [0.05, 0.1) is 36.1 Å². The van der Waals surface area contributed by atoms with Gasteiger partial charge in [0.2, 0.25) is 0 Å². The minimum atomic E-state index is -4.69. The van der Waals surface area contributed by atoms with E-state index in [0.717, 1.165) is 17.4 Å². The maximum Gasteiger partial charge on any atom is 0.433 e. The zero-order valence-electron chi connectivity index (χ0n) is 17.6. The summed E-state index contributed by atoms with van der Waals surface area (Å²) in [7, 11) is 1.59. The van der Waals surface area contributed by atoms with E-state index in [9.17, 15) is 18.0 Å². The number of pyridine rings is 1. The number of alkyl halides is 3. The van der Waals surface area contributed by atoms with Gasteiger partial charge in [-0.05, 0) is 48.9 Å². The Labute approximate surface area is 195 Å². The topological polar surface area (TPSA) is 69.0 Å². The van der Waals surface area contributed by atoms with Crippen molar-refractivity contribution < 1.29 is 22.7 Å². The van der Waals surface area contributed by atoms with Crippen LogP contribution in [0.4, 0.5) is 18.9 Å². The lowest BCUT2D eigenvalue weighted by molar-refractivity contribution is -0.140. The van der Waals surface area contributed by atoms with Gasteiger partial charge >= 0.3 is 6.18 Å². The Morgan fingerprint density at radius 2 is 1.88 bits per heavy atom. The molecule has 6 nitrogen and oxygen atoms in total. The normalized spacial score (nSPS) is 11.6. The number of benzene rings is 2. The lowest BCUT2D eigenvalue weighted by Gasteiger charge is -2.12. The van der Waals surface area contributed by atoms with E-state index in [1.165, 1.54) is 6.07 Å². The minimum Gasteiger partial charge on any atom is -0.497 e. The molecule has 0 aliphatic rings. The number of hydrogen-bond acceptors (Lipinski definition) is 4. The lowest BCUT2D eigenvalue weighted by atomic mass is 10.1. The first kappa shape index (κ1) is 22.8. The van der Waals surface area contributed by atoms with Gasteiger partial charge in [0.25, 0.3) is 5.91 Å². The first-order valence-electron chi connectivity index (χ1n) is 9.80. The molecule has 170 valence electrons. The first-order valence-corrected chi connectivity index (χ1v) is 10.6. The van der Waals surface area contributed by atoms with Crippen LogP contribution in [-0.2, 0) is 12.7 Å². The smallest absolute Gasteiger partial charge is 0.433 e. The molecule has 0 unspecified atom stereocenters. The summed E-state index contributed by atoms with van der Waals surface area (Å²) < 4.78 is 47.5. The Hall–Kier alpha value is -3.40. The fourth-order valence-corrected chi connectivity index (χ4v) is 3.72. The van der Waals surface area contributed by atoms with Gasteiger partial charge in [-0.2, -0.15) is 18.3 Å². The van der Waals surface area contributed by atoms with Crippen LogP contribution in [0.1, 0.15) is 27.3 Å². The van der Waals surface area contributed by atoms with Crippen molar-refractivity contribution in [2.75, 3.05) is 12.4 Å². The van der Waals surface area contributed by atoms with Gasteiger partial charge in [0.1, 0.15) is 11.4 Å². The average molecular weight is 519 g/mol. The monoisotopic (exact) mass is 518 g/mol. The van der Waals surface area contributed by atoms with Gasteiger partial charge in [-0.15, -0.1) is 0 Å². The molecule has 4 aromatic rings. The highest BCUT2D eigenvalue weighted by atomic mass is 79.9. The zero-order valence-corrected chi connectivity index (χ0v) is 19.2. The number of rotatable bonds is 5. The Morgan fingerprint density at radius 1 is 1.15 bits per heavy atom. The van der Waals surface area contributed by atoms with Gasteiger partial charge < -0.3 is 10.1 Å². The van der Waals surface area contributed by atoms with Crippen molar-refractivity contribution in [1.29, 1.82) is 0 Å². The van der Waals surface area contributed by atoms with E-state index in [4.69, 9.17) is 4.74 Å². The quantitative estimate of drug-likeness (QED) is 0.360. The van der Waals surface area contributed by atoms with Crippen molar-refractivity contribution in [3.8, 4) is 5.75 Å². The second-order valence-corrected chi connectivity index (χ2v) is 8.26. The largest absolute Gasteiger partial charge is 0.497 e. The Balaban J connectivity index is 1.63. The summed E-state index contributed by atoms with van der Waals surface area (Å²) in [4.78, 5) is 16.7. The zero-order chi connectivity index (χ0) is 23.8. The molecule has 1 amide bonds. The van der Waals surface area contributed by atoms with Crippen LogP contribution < -0.4 is 10.1 Å². The molecule has 0 saturated carbocycles. The predicted octanol–water partition coefficient (Wildman–Crippen LogP) is 5.83.